The van der Waals surface area contributed by atoms with Gasteiger partial charge in [-0.2, -0.15) is 0 Å². The largest absolute Gasteiger partial charge is 0.457 e. The summed E-state index contributed by atoms with van der Waals surface area (Å²) >= 11 is 6.16. The molecule has 0 amide bonds. The summed E-state index contributed by atoms with van der Waals surface area (Å²) in [5.74, 6) is 1.70. The van der Waals surface area contributed by atoms with Crippen molar-refractivity contribution in [1.82, 2.24) is 5.09 Å². The number of ether oxygens (including phenoxy) is 1. The summed E-state index contributed by atoms with van der Waals surface area (Å²) in [7, 11) is 0. The standard InChI is InChI=1S/C21H27FNOPS/c1-15-20(2,3)25(26,21(15,4)5)23-14-16-7-6-8-19(13-16)24-18-11-9-17(22)10-12-18/h6-13,15H,14H2,1-5H3,(H,23,26). The van der Waals surface area contributed by atoms with E-state index in [-0.39, 0.29) is 16.1 Å². The predicted octanol–water partition coefficient (Wildman–Crippen LogP) is 6.31. The van der Waals surface area contributed by atoms with E-state index < -0.39 is 6.19 Å². The first-order valence-corrected chi connectivity index (χ1v) is 11.8. The zero-order chi connectivity index (χ0) is 19.2. The Morgan fingerprint density at radius 2 is 1.65 bits per heavy atom. The molecule has 5 heteroatoms. The van der Waals surface area contributed by atoms with Gasteiger partial charge in [-0.25, -0.2) is 4.39 Å². The molecule has 1 N–H and O–H groups in total. The van der Waals surface area contributed by atoms with Crippen LogP contribution in [0.5, 0.6) is 11.5 Å². The van der Waals surface area contributed by atoms with Crippen molar-refractivity contribution in [3.63, 3.8) is 0 Å². The summed E-state index contributed by atoms with van der Waals surface area (Å²) in [6.07, 6.45) is -1.71. The topological polar surface area (TPSA) is 21.3 Å². The summed E-state index contributed by atoms with van der Waals surface area (Å²) in [4.78, 5) is 0. The number of hydrogen-bond donors (Lipinski definition) is 1. The number of nitrogens with one attached hydrogen (secondary N) is 1. The van der Waals surface area contributed by atoms with E-state index in [0.29, 0.717) is 11.7 Å². The molecule has 0 atom stereocenters. The molecule has 0 aromatic heterocycles. The van der Waals surface area contributed by atoms with Gasteiger partial charge in [-0.1, -0.05) is 58.6 Å². The Labute approximate surface area is 161 Å². The maximum Gasteiger partial charge on any atom is 0.127 e. The van der Waals surface area contributed by atoms with Gasteiger partial charge in [0.1, 0.15) is 17.3 Å². The molecule has 1 aliphatic rings. The molecule has 1 heterocycles. The zero-order valence-corrected chi connectivity index (χ0v) is 17.8. The molecule has 0 radical (unpaired) electrons. The minimum atomic E-state index is -1.71. The average Bonchev–Trinajstić information content (AvgIpc) is 2.60. The molecule has 0 saturated carbocycles. The van der Waals surface area contributed by atoms with E-state index >= 15 is 0 Å². The van der Waals surface area contributed by atoms with Gasteiger partial charge in [0.25, 0.3) is 0 Å². The summed E-state index contributed by atoms with van der Waals surface area (Å²) in [6.45, 7) is 12.2. The van der Waals surface area contributed by atoms with Gasteiger partial charge in [-0.15, -0.1) is 0 Å². The van der Waals surface area contributed by atoms with Crippen LogP contribution in [0.1, 0.15) is 40.2 Å². The molecule has 26 heavy (non-hydrogen) atoms. The fourth-order valence-electron chi connectivity index (χ4n) is 4.05. The van der Waals surface area contributed by atoms with Gasteiger partial charge in [0.15, 0.2) is 0 Å². The molecule has 0 bridgehead atoms. The Kier molecular flexibility index (Phi) is 5.07. The summed E-state index contributed by atoms with van der Waals surface area (Å²) < 4.78 is 18.9. The molecule has 3 rings (SSSR count). The van der Waals surface area contributed by atoms with Gasteiger partial charge in [0.2, 0.25) is 0 Å². The number of benzene rings is 2. The van der Waals surface area contributed by atoms with Crippen LogP contribution < -0.4 is 9.82 Å². The normalized spacial score (nSPS) is 26.2. The fraction of sp³-hybridized carbons (Fsp3) is 0.429. The molecule has 0 spiro atoms. The van der Waals surface area contributed by atoms with E-state index in [1.165, 1.54) is 12.1 Å². The van der Waals surface area contributed by atoms with Crippen molar-refractivity contribution < 1.29 is 9.13 Å². The van der Waals surface area contributed by atoms with Crippen LogP contribution in [0.15, 0.2) is 48.5 Å². The first-order chi connectivity index (χ1) is 12.1. The van der Waals surface area contributed by atoms with Gasteiger partial charge in [0.05, 0.1) is 0 Å². The van der Waals surface area contributed by atoms with Crippen LogP contribution in [0.2, 0.25) is 0 Å². The van der Waals surface area contributed by atoms with Gasteiger partial charge in [0, 0.05) is 23.0 Å². The Balaban J connectivity index is 1.72. The average molecular weight is 391 g/mol. The highest BCUT2D eigenvalue weighted by atomic mass is 32.4. The minimum Gasteiger partial charge on any atom is -0.457 e. The van der Waals surface area contributed by atoms with Crippen LogP contribution in [0.3, 0.4) is 0 Å². The van der Waals surface area contributed by atoms with Crippen molar-refractivity contribution >= 4 is 18.0 Å². The quantitative estimate of drug-likeness (QED) is 0.604. The summed E-state index contributed by atoms with van der Waals surface area (Å²) in [5, 5.41) is 4.06. The highest BCUT2D eigenvalue weighted by molar-refractivity contribution is 8.15. The molecule has 0 unspecified atom stereocenters. The molecule has 2 nitrogen and oxygen atoms in total. The Hall–Kier alpha value is -1.22. The van der Waals surface area contributed by atoms with Crippen molar-refractivity contribution in [3.05, 3.63) is 59.9 Å². The second-order valence-electron chi connectivity index (χ2n) is 8.18. The Morgan fingerprint density at radius 3 is 2.27 bits per heavy atom. The van der Waals surface area contributed by atoms with Crippen LogP contribution >= 0.6 is 6.19 Å². The van der Waals surface area contributed by atoms with E-state index in [0.717, 1.165) is 17.9 Å². The first-order valence-electron chi connectivity index (χ1n) is 8.96. The minimum absolute atomic E-state index is 0.161. The van der Waals surface area contributed by atoms with E-state index in [1.807, 2.05) is 18.2 Å². The lowest BCUT2D eigenvalue weighted by Gasteiger charge is -2.66. The SMILES string of the molecule is CC1C(C)(C)P(=S)(NCc2cccc(Oc3ccc(F)cc3)c2)C1(C)C. The van der Waals surface area contributed by atoms with Gasteiger partial charge < -0.3 is 4.74 Å². The number of hydrogen-bond acceptors (Lipinski definition) is 2. The van der Waals surface area contributed by atoms with Crippen molar-refractivity contribution in [3.8, 4) is 11.5 Å². The third kappa shape index (κ3) is 3.13. The van der Waals surface area contributed by atoms with E-state index in [1.54, 1.807) is 12.1 Å². The highest BCUT2D eigenvalue weighted by Gasteiger charge is 2.63. The third-order valence-corrected chi connectivity index (χ3v) is 14.0. The summed E-state index contributed by atoms with van der Waals surface area (Å²) in [6, 6.07) is 14.0. The van der Waals surface area contributed by atoms with Crippen LogP contribution in [-0.2, 0) is 18.4 Å². The number of rotatable bonds is 5. The third-order valence-electron chi connectivity index (χ3n) is 6.20. The Morgan fingerprint density at radius 1 is 1.04 bits per heavy atom. The molecule has 1 aliphatic heterocycles. The predicted molar refractivity (Wildman–Crippen MR) is 111 cm³/mol. The smallest absolute Gasteiger partial charge is 0.127 e. The Bertz CT molecular complexity index is 827. The van der Waals surface area contributed by atoms with Crippen LogP contribution in [-0.4, -0.2) is 10.3 Å². The molecule has 2 aromatic rings. The van der Waals surface area contributed by atoms with Crippen molar-refractivity contribution in [1.29, 1.82) is 0 Å². The molecule has 1 saturated heterocycles. The highest BCUT2D eigenvalue weighted by Crippen LogP contribution is 2.79. The zero-order valence-electron chi connectivity index (χ0n) is 16.0. The van der Waals surface area contributed by atoms with Crippen molar-refractivity contribution in [2.45, 2.75) is 51.5 Å². The lowest BCUT2D eigenvalue weighted by Crippen LogP contribution is -2.60. The maximum absolute atomic E-state index is 13.0. The molecular weight excluding hydrogens is 364 g/mol. The summed E-state index contributed by atoms with van der Waals surface area (Å²) in [5.41, 5.74) is 1.14. The van der Waals surface area contributed by atoms with E-state index in [4.69, 9.17) is 16.5 Å². The van der Waals surface area contributed by atoms with Gasteiger partial charge in [-0.3, -0.25) is 5.09 Å². The molecule has 140 valence electrons. The molecule has 2 aromatic carbocycles. The van der Waals surface area contributed by atoms with Crippen LogP contribution in [0, 0.1) is 11.7 Å². The molecule has 1 fully saturated rings. The van der Waals surface area contributed by atoms with Crippen LogP contribution in [0.4, 0.5) is 4.39 Å². The second-order valence-corrected chi connectivity index (χ2v) is 13.7. The maximum atomic E-state index is 13.0. The monoisotopic (exact) mass is 391 g/mol. The lowest BCUT2D eigenvalue weighted by molar-refractivity contribution is 0.296. The van der Waals surface area contributed by atoms with Crippen LogP contribution in [0.25, 0.3) is 0 Å². The second kappa shape index (κ2) is 6.74. The van der Waals surface area contributed by atoms with E-state index in [9.17, 15) is 4.39 Å². The first kappa shape index (κ1) is 19.5. The fourth-order valence-corrected chi connectivity index (χ4v) is 9.43. The van der Waals surface area contributed by atoms with E-state index in [2.05, 4.69) is 45.8 Å². The van der Waals surface area contributed by atoms with Crippen molar-refractivity contribution in [2.24, 2.45) is 5.92 Å². The lowest BCUT2D eigenvalue weighted by atomic mass is 9.83. The van der Waals surface area contributed by atoms with Gasteiger partial charge >= 0.3 is 0 Å². The molecule has 0 aliphatic carbocycles. The van der Waals surface area contributed by atoms with Gasteiger partial charge in [-0.05, 0) is 47.9 Å². The van der Waals surface area contributed by atoms with Crippen molar-refractivity contribution in [2.75, 3.05) is 0 Å². The molecular formula is C21H27FNOPS. The number of halogens is 1.